The average Bonchev–Trinajstić information content (AvgIpc) is 2.76. The summed E-state index contributed by atoms with van der Waals surface area (Å²) in [5.41, 5.74) is 3.14. The minimum absolute atomic E-state index is 0.00679. The molecule has 3 atom stereocenters. The van der Waals surface area contributed by atoms with Crippen LogP contribution in [0.3, 0.4) is 0 Å². The van der Waals surface area contributed by atoms with Gasteiger partial charge in [0.25, 0.3) is 0 Å². The summed E-state index contributed by atoms with van der Waals surface area (Å²) in [6.07, 6.45) is 1.88. The Bertz CT molecular complexity index is 753. The van der Waals surface area contributed by atoms with Crippen LogP contribution in [0.1, 0.15) is 31.2 Å². The highest BCUT2D eigenvalue weighted by Crippen LogP contribution is 2.21. The van der Waals surface area contributed by atoms with Crippen molar-refractivity contribution in [2.75, 3.05) is 26.3 Å². The molecule has 1 aliphatic heterocycles. The smallest absolute Gasteiger partial charge is 0.123 e. The van der Waals surface area contributed by atoms with E-state index in [1.807, 2.05) is 24.3 Å². The van der Waals surface area contributed by atoms with E-state index in [-0.39, 0.29) is 18.5 Å². The lowest BCUT2D eigenvalue weighted by Gasteiger charge is -2.39. The van der Waals surface area contributed by atoms with Crippen LogP contribution in [0.15, 0.2) is 48.5 Å². The SMILES string of the molecule is OC[C@H]1CC(O)[C@@H](O)CN1CCCCCOCc1ccc(-c2ccc(F)cc2)cc1. The number of nitrogens with zero attached hydrogens (tertiary/aromatic N) is 1. The van der Waals surface area contributed by atoms with Gasteiger partial charge in [-0.15, -0.1) is 0 Å². The number of piperidine rings is 1. The Morgan fingerprint density at radius 1 is 0.900 bits per heavy atom. The molecule has 30 heavy (non-hydrogen) atoms. The molecule has 0 radical (unpaired) electrons. The van der Waals surface area contributed by atoms with Crippen LogP contribution in [0.5, 0.6) is 0 Å². The minimum atomic E-state index is -0.739. The fraction of sp³-hybridized carbons (Fsp3) is 0.500. The van der Waals surface area contributed by atoms with E-state index in [0.29, 0.717) is 26.2 Å². The van der Waals surface area contributed by atoms with Crippen LogP contribution >= 0.6 is 0 Å². The molecule has 2 aromatic carbocycles. The summed E-state index contributed by atoms with van der Waals surface area (Å²) in [7, 11) is 0. The number of aliphatic hydroxyl groups excluding tert-OH is 3. The van der Waals surface area contributed by atoms with Gasteiger partial charge in [-0.25, -0.2) is 4.39 Å². The summed E-state index contributed by atoms with van der Waals surface area (Å²) in [6, 6.07) is 14.5. The van der Waals surface area contributed by atoms with Crippen LogP contribution in [0, 0.1) is 5.82 Å². The third-order valence-corrected chi connectivity index (χ3v) is 5.74. The molecule has 3 rings (SSSR count). The molecule has 1 fully saturated rings. The standard InChI is InChI=1S/C24H32FNO4/c25-21-10-8-20(9-11-21)19-6-4-18(5-7-19)17-30-13-3-1-2-12-26-15-24(29)23(28)14-22(26)16-27/h4-11,22-24,27-29H,1-3,12-17H2/t22-,23?,24+/m1/s1. The molecule has 0 aromatic heterocycles. The molecule has 6 heteroatoms. The Hall–Kier alpha value is -1.83. The molecule has 0 aliphatic carbocycles. The number of benzene rings is 2. The zero-order chi connectivity index (χ0) is 21.3. The van der Waals surface area contributed by atoms with Gasteiger partial charge in [-0.3, -0.25) is 4.90 Å². The van der Waals surface area contributed by atoms with Crippen molar-refractivity contribution in [1.29, 1.82) is 0 Å². The fourth-order valence-electron chi connectivity index (χ4n) is 3.88. The first kappa shape index (κ1) is 22.8. The van der Waals surface area contributed by atoms with Crippen LogP contribution in [0.2, 0.25) is 0 Å². The first-order valence-corrected chi connectivity index (χ1v) is 10.7. The first-order valence-electron chi connectivity index (χ1n) is 10.7. The largest absolute Gasteiger partial charge is 0.395 e. The predicted octanol–water partition coefficient (Wildman–Crippen LogP) is 2.97. The van der Waals surface area contributed by atoms with E-state index in [4.69, 9.17) is 4.74 Å². The van der Waals surface area contributed by atoms with Crippen LogP contribution in [-0.2, 0) is 11.3 Å². The van der Waals surface area contributed by atoms with Gasteiger partial charge in [-0.05, 0) is 61.1 Å². The van der Waals surface area contributed by atoms with Gasteiger partial charge < -0.3 is 20.1 Å². The van der Waals surface area contributed by atoms with E-state index in [2.05, 4.69) is 4.90 Å². The normalized spacial score (nSPS) is 22.3. The van der Waals surface area contributed by atoms with Gasteiger partial charge in [0.1, 0.15) is 5.82 Å². The molecule has 2 aromatic rings. The van der Waals surface area contributed by atoms with Crippen molar-refractivity contribution in [2.24, 2.45) is 0 Å². The molecule has 1 heterocycles. The number of halogens is 1. The van der Waals surface area contributed by atoms with E-state index in [1.165, 1.54) is 12.1 Å². The van der Waals surface area contributed by atoms with Gasteiger partial charge in [0.15, 0.2) is 0 Å². The summed E-state index contributed by atoms with van der Waals surface area (Å²) >= 11 is 0. The quantitative estimate of drug-likeness (QED) is 0.519. The molecule has 1 unspecified atom stereocenters. The molecular weight excluding hydrogens is 385 g/mol. The first-order chi connectivity index (χ1) is 14.6. The van der Waals surface area contributed by atoms with Crippen molar-refractivity contribution in [3.8, 4) is 11.1 Å². The van der Waals surface area contributed by atoms with Gasteiger partial charge in [-0.2, -0.15) is 0 Å². The highest BCUT2D eigenvalue weighted by atomic mass is 19.1. The molecular formula is C24H32FNO4. The fourth-order valence-corrected chi connectivity index (χ4v) is 3.88. The van der Waals surface area contributed by atoms with E-state index in [0.717, 1.165) is 42.5 Å². The molecule has 1 saturated heterocycles. The highest BCUT2D eigenvalue weighted by molar-refractivity contribution is 5.63. The summed E-state index contributed by atoms with van der Waals surface area (Å²) in [5.74, 6) is -0.232. The number of rotatable bonds is 10. The molecule has 164 valence electrons. The van der Waals surface area contributed by atoms with E-state index < -0.39 is 12.2 Å². The number of ether oxygens (including phenoxy) is 1. The van der Waals surface area contributed by atoms with Crippen molar-refractivity contribution in [3.05, 3.63) is 59.9 Å². The lowest BCUT2D eigenvalue weighted by atomic mass is 9.97. The maximum absolute atomic E-state index is 13.0. The molecule has 0 amide bonds. The van der Waals surface area contributed by atoms with Gasteiger partial charge in [0.2, 0.25) is 0 Å². The summed E-state index contributed by atoms with van der Waals surface area (Å²) < 4.78 is 18.8. The lowest BCUT2D eigenvalue weighted by molar-refractivity contribution is -0.0711. The van der Waals surface area contributed by atoms with E-state index in [9.17, 15) is 19.7 Å². The summed E-state index contributed by atoms with van der Waals surface area (Å²) in [4.78, 5) is 2.07. The summed E-state index contributed by atoms with van der Waals surface area (Å²) in [5, 5.41) is 29.0. The molecule has 3 N–H and O–H groups in total. The highest BCUT2D eigenvalue weighted by Gasteiger charge is 2.32. The van der Waals surface area contributed by atoms with Crippen molar-refractivity contribution < 1.29 is 24.4 Å². The second-order valence-electron chi connectivity index (χ2n) is 8.02. The monoisotopic (exact) mass is 417 g/mol. The van der Waals surface area contributed by atoms with Crippen LogP contribution in [0.25, 0.3) is 11.1 Å². The van der Waals surface area contributed by atoms with E-state index in [1.54, 1.807) is 12.1 Å². The molecule has 0 bridgehead atoms. The van der Waals surface area contributed by atoms with E-state index >= 15 is 0 Å². The number of hydrogen-bond acceptors (Lipinski definition) is 5. The van der Waals surface area contributed by atoms with Crippen molar-refractivity contribution in [1.82, 2.24) is 4.90 Å². The number of unbranched alkanes of at least 4 members (excludes halogenated alkanes) is 2. The topological polar surface area (TPSA) is 73.2 Å². The number of β-amino-alcohol motifs (C(OH)–C–C–N with tert-alkyl or cyclic N) is 1. The van der Waals surface area contributed by atoms with Crippen LogP contribution < -0.4 is 0 Å². The van der Waals surface area contributed by atoms with Crippen LogP contribution in [-0.4, -0.2) is 64.8 Å². The molecule has 1 aliphatic rings. The maximum atomic E-state index is 13.0. The third kappa shape index (κ3) is 6.59. The average molecular weight is 418 g/mol. The summed E-state index contributed by atoms with van der Waals surface area (Å²) in [6.45, 7) is 2.47. The Kier molecular flexibility index (Phi) is 8.78. The van der Waals surface area contributed by atoms with Gasteiger partial charge in [-0.1, -0.05) is 36.4 Å². The zero-order valence-electron chi connectivity index (χ0n) is 17.3. The Morgan fingerprint density at radius 3 is 2.23 bits per heavy atom. The van der Waals surface area contributed by atoms with Crippen molar-refractivity contribution in [2.45, 2.75) is 50.5 Å². The van der Waals surface area contributed by atoms with Gasteiger partial charge >= 0.3 is 0 Å². The minimum Gasteiger partial charge on any atom is -0.395 e. The Labute approximate surface area is 177 Å². The number of aliphatic hydroxyl groups is 3. The molecule has 5 nitrogen and oxygen atoms in total. The Morgan fingerprint density at radius 2 is 1.57 bits per heavy atom. The molecule has 0 saturated carbocycles. The Balaban J connectivity index is 1.30. The molecule has 0 spiro atoms. The predicted molar refractivity (Wildman–Crippen MR) is 114 cm³/mol. The lowest BCUT2D eigenvalue weighted by Crippen LogP contribution is -2.53. The van der Waals surface area contributed by atoms with Gasteiger partial charge in [0.05, 0.1) is 25.4 Å². The van der Waals surface area contributed by atoms with Crippen molar-refractivity contribution in [3.63, 3.8) is 0 Å². The zero-order valence-corrected chi connectivity index (χ0v) is 17.3. The second-order valence-corrected chi connectivity index (χ2v) is 8.02. The second kappa shape index (κ2) is 11.5. The maximum Gasteiger partial charge on any atom is 0.123 e. The number of hydrogen-bond donors (Lipinski definition) is 3. The number of likely N-dealkylation sites (tertiary alicyclic amines) is 1. The van der Waals surface area contributed by atoms with Crippen LogP contribution in [0.4, 0.5) is 4.39 Å². The third-order valence-electron chi connectivity index (χ3n) is 5.74. The van der Waals surface area contributed by atoms with Gasteiger partial charge in [0, 0.05) is 19.2 Å². The van der Waals surface area contributed by atoms with Crippen molar-refractivity contribution >= 4 is 0 Å².